The predicted octanol–water partition coefficient (Wildman–Crippen LogP) is -1.39. The topological polar surface area (TPSA) is 133 Å². The lowest BCUT2D eigenvalue weighted by molar-refractivity contribution is -0.146. The lowest BCUT2D eigenvalue weighted by atomic mass is 10.2. The molecule has 20 heavy (non-hydrogen) atoms. The van der Waals surface area contributed by atoms with E-state index in [0.29, 0.717) is 5.75 Å². The average Bonchev–Trinajstić information content (AvgIpc) is 2.40. The van der Waals surface area contributed by atoms with E-state index in [-0.39, 0.29) is 12.2 Å². The number of carbonyl (C=O) groups excluding carboxylic acids is 1. The summed E-state index contributed by atoms with van der Waals surface area (Å²) < 4.78 is 25.2. The molecule has 8 nitrogen and oxygen atoms in total. The Hall–Kier alpha value is -0.840. The van der Waals surface area contributed by atoms with Crippen LogP contribution < -0.4 is 10.0 Å². The van der Waals surface area contributed by atoms with Crippen molar-refractivity contribution in [1.82, 2.24) is 10.0 Å². The van der Waals surface area contributed by atoms with E-state index in [1.807, 2.05) is 6.26 Å². The fourth-order valence-electron chi connectivity index (χ4n) is 1.19. The summed E-state index contributed by atoms with van der Waals surface area (Å²) in [5, 5.41) is 19.8. The summed E-state index contributed by atoms with van der Waals surface area (Å²) in [5.74, 6) is -1.71. The summed E-state index contributed by atoms with van der Waals surface area (Å²) in [7, 11) is -3.55. The van der Waals surface area contributed by atoms with Crippen molar-refractivity contribution in [3.8, 4) is 0 Å². The molecule has 0 aliphatic rings. The average molecular weight is 328 g/mol. The second kappa shape index (κ2) is 9.16. The van der Waals surface area contributed by atoms with E-state index in [0.717, 1.165) is 0 Å². The number of carbonyl (C=O) groups is 2. The Kier molecular flexibility index (Phi) is 8.78. The number of hydrogen-bond donors (Lipinski definition) is 4. The number of hydrogen-bond acceptors (Lipinski definition) is 6. The maximum absolute atomic E-state index is 11.8. The second-order valence-electron chi connectivity index (χ2n) is 3.95. The standard InChI is InChI=1S/C10H20N2O6S2/c1-3-20(17,18)12-7(4-5-19-2)9(14)11-6-8(13)10(15)16/h7-8,12-13H,3-6H2,1-2H3,(H,11,14)(H,15,16)/t7?,8-/m0/s1. The van der Waals surface area contributed by atoms with Crippen LogP contribution in [-0.2, 0) is 19.6 Å². The number of thioether (sulfide) groups is 1. The summed E-state index contributed by atoms with van der Waals surface area (Å²) in [5.41, 5.74) is 0. The molecule has 0 fully saturated rings. The normalized spacial score (nSPS) is 14.6. The minimum absolute atomic E-state index is 0.159. The van der Waals surface area contributed by atoms with Crippen LogP contribution in [-0.4, -0.2) is 67.0 Å². The van der Waals surface area contributed by atoms with Crippen LogP contribution in [0.1, 0.15) is 13.3 Å². The van der Waals surface area contributed by atoms with Gasteiger partial charge < -0.3 is 15.5 Å². The third-order valence-corrected chi connectivity index (χ3v) is 4.43. The van der Waals surface area contributed by atoms with Gasteiger partial charge in [0.05, 0.1) is 12.3 Å². The van der Waals surface area contributed by atoms with Crippen LogP contribution in [0.5, 0.6) is 0 Å². The van der Waals surface area contributed by atoms with Crippen LogP contribution in [0.15, 0.2) is 0 Å². The Labute approximate surface area is 122 Å². The highest BCUT2D eigenvalue weighted by Gasteiger charge is 2.24. The van der Waals surface area contributed by atoms with Gasteiger partial charge in [-0.05, 0) is 25.4 Å². The number of nitrogens with one attached hydrogen (secondary N) is 2. The van der Waals surface area contributed by atoms with Crippen molar-refractivity contribution in [2.45, 2.75) is 25.5 Å². The van der Waals surface area contributed by atoms with Crippen LogP contribution >= 0.6 is 11.8 Å². The lowest BCUT2D eigenvalue weighted by Crippen LogP contribution is -2.49. The van der Waals surface area contributed by atoms with E-state index in [9.17, 15) is 18.0 Å². The predicted molar refractivity (Wildman–Crippen MR) is 76.0 cm³/mol. The van der Waals surface area contributed by atoms with E-state index in [1.54, 1.807) is 0 Å². The van der Waals surface area contributed by atoms with Crippen molar-refractivity contribution in [3.05, 3.63) is 0 Å². The smallest absolute Gasteiger partial charge is 0.334 e. The number of aliphatic hydroxyl groups is 1. The number of rotatable bonds is 10. The Morgan fingerprint density at radius 2 is 1.95 bits per heavy atom. The molecule has 118 valence electrons. The fraction of sp³-hybridized carbons (Fsp3) is 0.800. The molecule has 1 amide bonds. The summed E-state index contributed by atoms with van der Waals surface area (Å²) in [4.78, 5) is 22.2. The van der Waals surface area contributed by atoms with E-state index in [2.05, 4.69) is 10.0 Å². The third-order valence-electron chi connectivity index (χ3n) is 2.38. The number of aliphatic carboxylic acids is 1. The molecule has 0 aromatic rings. The Balaban J connectivity index is 4.60. The zero-order chi connectivity index (χ0) is 15.8. The molecule has 0 aromatic carbocycles. The molecule has 0 heterocycles. The van der Waals surface area contributed by atoms with Gasteiger partial charge in [0.15, 0.2) is 6.10 Å². The Morgan fingerprint density at radius 3 is 2.40 bits per heavy atom. The number of carboxylic acids is 1. The fourth-order valence-corrected chi connectivity index (χ4v) is 2.48. The van der Waals surface area contributed by atoms with E-state index >= 15 is 0 Å². The molecule has 2 atom stereocenters. The summed E-state index contributed by atoms with van der Waals surface area (Å²) in [6, 6.07) is -0.978. The molecule has 0 rings (SSSR count). The quantitative estimate of drug-likeness (QED) is 0.388. The van der Waals surface area contributed by atoms with E-state index < -0.39 is 40.6 Å². The maximum Gasteiger partial charge on any atom is 0.334 e. The van der Waals surface area contributed by atoms with Gasteiger partial charge in [-0.3, -0.25) is 4.79 Å². The number of amides is 1. The first-order valence-electron chi connectivity index (χ1n) is 5.91. The van der Waals surface area contributed by atoms with Crippen molar-refractivity contribution in [2.24, 2.45) is 0 Å². The molecule has 0 saturated heterocycles. The minimum Gasteiger partial charge on any atom is -0.479 e. The van der Waals surface area contributed by atoms with Gasteiger partial charge in [0.1, 0.15) is 6.04 Å². The van der Waals surface area contributed by atoms with Crippen LogP contribution in [0.3, 0.4) is 0 Å². The first-order valence-corrected chi connectivity index (χ1v) is 8.95. The highest BCUT2D eigenvalue weighted by Crippen LogP contribution is 2.03. The van der Waals surface area contributed by atoms with Crippen LogP contribution in [0.2, 0.25) is 0 Å². The monoisotopic (exact) mass is 328 g/mol. The zero-order valence-electron chi connectivity index (χ0n) is 11.3. The van der Waals surface area contributed by atoms with Gasteiger partial charge in [-0.25, -0.2) is 17.9 Å². The summed E-state index contributed by atoms with van der Waals surface area (Å²) in [6.07, 6.45) is 0.371. The minimum atomic E-state index is -3.55. The van der Waals surface area contributed by atoms with Gasteiger partial charge in [0, 0.05) is 0 Å². The number of carboxylic acid groups (broad SMARTS) is 1. The molecular formula is C10H20N2O6S2. The molecule has 0 aliphatic heterocycles. The molecule has 4 N–H and O–H groups in total. The molecule has 0 radical (unpaired) electrons. The summed E-state index contributed by atoms with van der Waals surface area (Å²) >= 11 is 1.45. The summed E-state index contributed by atoms with van der Waals surface area (Å²) in [6.45, 7) is 0.970. The number of sulfonamides is 1. The molecule has 1 unspecified atom stereocenters. The van der Waals surface area contributed by atoms with Crippen molar-refractivity contribution in [1.29, 1.82) is 0 Å². The van der Waals surface area contributed by atoms with Gasteiger partial charge in [0.2, 0.25) is 15.9 Å². The SMILES string of the molecule is CCS(=O)(=O)NC(CCSC)C(=O)NC[C@H](O)C(=O)O. The molecule has 0 spiro atoms. The van der Waals surface area contributed by atoms with Crippen LogP contribution in [0, 0.1) is 0 Å². The van der Waals surface area contributed by atoms with Gasteiger partial charge in [0.25, 0.3) is 0 Å². The molecule has 0 aromatic heterocycles. The van der Waals surface area contributed by atoms with Crippen molar-refractivity contribution < 1.29 is 28.2 Å². The maximum atomic E-state index is 11.8. The Bertz CT molecular complexity index is 425. The highest BCUT2D eigenvalue weighted by atomic mass is 32.2. The first kappa shape index (κ1) is 19.2. The van der Waals surface area contributed by atoms with Crippen molar-refractivity contribution >= 4 is 33.7 Å². The largest absolute Gasteiger partial charge is 0.479 e. The lowest BCUT2D eigenvalue weighted by Gasteiger charge is -2.18. The van der Waals surface area contributed by atoms with Crippen LogP contribution in [0.25, 0.3) is 0 Å². The van der Waals surface area contributed by atoms with Crippen molar-refractivity contribution in [3.63, 3.8) is 0 Å². The molecule has 0 aliphatic carbocycles. The Morgan fingerprint density at radius 1 is 1.35 bits per heavy atom. The second-order valence-corrected chi connectivity index (χ2v) is 6.98. The highest BCUT2D eigenvalue weighted by molar-refractivity contribution is 7.98. The zero-order valence-corrected chi connectivity index (χ0v) is 13.0. The molecular weight excluding hydrogens is 308 g/mol. The van der Waals surface area contributed by atoms with Gasteiger partial charge in [-0.15, -0.1) is 0 Å². The molecule has 0 saturated carbocycles. The van der Waals surface area contributed by atoms with Gasteiger partial charge in [-0.2, -0.15) is 11.8 Å². The molecule has 10 heteroatoms. The third kappa shape index (κ3) is 7.68. The van der Waals surface area contributed by atoms with Gasteiger partial charge in [-0.1, -0.05) is 0 Å². The van der Waals surface area contributed by atoms with Crippen molar-refractivity contribution in [2.75, 3.05) is 24.3 Å². The van der Waals surface area contributed by atoms with E-state index in [1.165, 1.54) is 18.7 Å². The van der Waals surface area contributed by atoms with Crippen LogP contribution in [0.4, 0.5) is 0 Å². The van der Waals surface area contributed by atoms with E-state index in [4.69, 9.17) is 10.2 Å². The first-order chi connectivity index (χ1) is 9.23. The van der Waals surface area contributed by atoms with Gasteiger partial charge >= 0.3 is 5.97 Å². The molecule has 0 bridgehead atoms. The number of aliphatic hydroxyl groups excluding tert-OH is 1.